The predicted molar refractivity (Wildman–Crippen MR) is 92.9 cm³/mol. The van der Waals surface area contributed by atoms with Gasteiger partial charge in [-0.1, -0.05) is 18.2 Å². The van der Waals surface area contributed by atoms with Gasteiger partial charge in [0.2, 0.25) is 16.0 Å². The number of pyridine rings is 1. The largest absolute Gasteiger partial charge is 0.366 e. The van der Waals surface area contributed by atoms with Crippen LogP contribution in [0.15, 0.2) is 47.4 Å². The standard InChI is InChI=1S/C16H19N5O2S/c1-16(2,3)20-24(22,23)12-7-4-6-11(10-12)13-8-5-9-14-18-15(17)19-21(13)14/h4-10,20H,1-3H3,(H2,17,19). The predicted octanol–water partition coefficient (Wildman–Crippen LogP) is 2.06. The highest BCUT2D eigenvalue weighted by atomic mass is 32.2. The van der Waals surface area contributed by atoms with Crippen molar-refractivity contribution in [3.63, 3.8) is 0 Å². The maximum atomic E-state index is 12.5. The average Bonchev–Trinajstić information content (AvgIpc) is 2.85. The summed E-state index contributed by atoms with van der Waals surface area (Å²) in [5, 5.41) is 4.16. The van der Waals surface area contributed by atoms with E-state index in [0.717, 1.165) is 0 Å². The second-order valence-corrected chi connectivity index (χ2v) is 8.22. The molecule has 2 heterocycles. The number of hydrogen-bond donors (Lipinski definition) is 2. The third-order valence-electron chi connectivity index (χ3n) is 3.26. The van der Waals surface area contributed by atoms with Gasteiger partial charge >= 0.3 is 0 Å². The zero-order chi connectivity index (χ0) is 17.5. The molecule has 0 unspecified atom stereocenters. The number of benzene rings is 1. The van der Waals surface area contributed by atoms with Crippen LogP contribution in [0.3, 0.4) is 0 Å². The van der Waals surface area contributed by atoms with Crippen LogP contribution in [0.2, 0.25) is 0 Å². The summed E-state index contributed by atoms with van der Waals surface area (Å²) < 4.78 is 29.3. The Labute approximate surface area is 140 Å². The lowest BCUT2D eigenvalue weighted by molar-refractivity contribution is 0.491. The van der Waals surface area contributed by atoms with Crippen LogP contribution in [0.5, 0.6) is 0 Å². The van der Waals surface area contributed by atoms with Crippen molar-refractivity contribution >= 4 is 21.6 Å². The molecule has 0 fully saturated rings. The molecule has 24 heavy (non-hydrogen) atoms. The van der Waals surface area contributed by atoms with Gasteiger partial charge in [-0.05, 0) is 45.0 Å². The molecule has 0 aliphatic carbocycles. The number of nitrogens with two attached hydrogens (primary N) is 1. The summed E-state index contributed by atoms with van der Waals surface area (Å²) in [6.07, 6.45) is 0. The molecule has 0 aliphatic heterocycles. The molecule has 3 aromatic rings. The Hall–Kier alpha value is -2.45. The van der Waals surface area contributed by atoms with E-state index in [9.17, 15) is 8.42 Å². The van der Waals surface area contributed by atoms with Crippen LogP contribution in [0.25, 0.3) is 16.9 Å². The third-order valence-corrected chi connectivity index (χ3v) is 5.01. The van der Waals surface area contributed by atoms with Crippen molar-refractivity contribution < 1.29 is 8.42 Å². The molecular formula is C16H19N5O2S. The Morgan fingerprint density at radius 3 is 2.54 bits per heavy atom. The van der Waals surface area contributed by atoms with Gasteiger partial charge in [0.05, 0.1) is 10.6 Å². The van der Waals surface area contributed by atoms with Crippen LogP contribution in [0, 0.1) is 0 Å². The summed E-state index contributed by atoms with van der Waals surface area (Å²) in [5.74, 6) is 0.167. The molecule has 3 rings (SSSR count). The van der Waals surface area contributed by atoms with Crippen LogP contribution in [0.4, 0.5) is 5.95 Å². The number of nitrogen functional groups attached to an aromatic ring is 1. The smallest absolute Gasteiger partial charge is 0.241 e. The fraction of sp³-hybridized carbons (Fsp3) is 0.250. The summed E-state index contributed by atoms with van der Waals surface area (Å²) in [4.78, 5) is 4.31. The van der Waals surface area contributed by atoms with Crippen molar-refractivity contribution in [3.8, 4) is 11.3 Å². The first-order valence-corrected chi connectivity index (χ1v) is 8.90. The van der Waals surface area contributed by atoms with Crippen molar-refractivity contribution in [2.24, 2.45) is 0 Å². The van der Waals surface area contributed by atoms with Gasteiger partial charge in [-0.2, -0.15) is 4.98 Å². The number of nitrogens with zero attached hydrogens (tertiary/aromatic N) is 3. The Bertz CT molecular complexity index is 1000. The number of hydrogen-bond acceptors (Lipinski definition) is 5. The summed E-state index contributed by atoms with van der Waals surface area (Å²) in [6.45, 7) is 5.40. The molecule has 126 valence electrons. The first kappa shape index (κ1) is 16.4. The minimum atomic E-state index is -3.62. The molecular weight excluding hydrogens is 326 g/mol. The summed E-state index contributed by atoms with van der Waals surface area (Å²) >= 11 is 0. The molecule has 3 N–H and O–H groups in total. The monoisotopic (exact) mass is 345 g/mol. The lowest BCUT2D eigenvalue weighted by Gasteiger charge is -2.20. The van der Waals surface area contributed by atoms with E-state index >= 15 is 0 Å². The van der Waals surface area contributed by atoms with Crippen molar-refractivity contribution in [2.45, 2.75) is 31.2 Å². The van der Waals surface area contributed by atoms with Crippen LogP contribution >= 0.6 is 0 Å². The van der Waals surface area contributed by atoms with E-state index in [4.69, 9.17) is 5.73 Å². The number of aromatic nitrogens is 3. The van der Waals surface area contributed by atoms with E-state index in [1.807, 2.05) is 18.2 Å². The Kier molecular flexibility index (Phi) is 3.81. The van der Waals surface area contributed by atoms with Crippen LogP contribution in [0.1, 0.15) is 20.8 Å². The van der Waals surface area contributed by atoms with Crippen molar-refractivity contribution in [3.05, 3.63) is 42.5 Å². The average molecular weight is 345 g/mol. The highest BCUT2D eigenvalue weighted by molar-refractivity contribution is 7.89. The fourth-order valence-electron chi connectivity index (χ4n) is 2.42. The number of anilines is 1. The molecule has 2 aromatic heterocycles. The molecule has 0 bridgehead atoms. The van der Waals surface area contributed by atoms with Gasteiger partial charge in [-0.25, -0.2) is 17.7 Å². The maximum Gasteiger partial charge on any atom is 0.241 e. The molecule has 8 heteroatoms. The van der Waals surface area contributed by atoms with Crippen LogP contribution < -0.4 is 10.5 Å². The molecule has 0 saturated carbocycles. The lowest BCUT2D eigenvalue weighted by atomic mass is 10.1. The minimum Gasteiger partial charge on any atom is -0.366 e. The highest BCUT2D eigenvalue weighted by Gasteiger charge is 2.22. The van der Waals surface area contributed by atoms with E-state index < -0.39 is 15.6 Å². The van der Waals surface area contributed by atoms with Gasteiger partial charge in [0.15, 0.2) is 5.65 Å². The lowest BCUT2D eigenvalue weighted by Crippen LogP contribution is -2.40. The second kappa shape index (κ2) is 5.57. The van der Waals surface area contributed by atoms with Crippen molar-refractivity contribution in [1.29, 1.82) is 0 Å². The van der Waals surface area contributed by atoms with E-state index in [1.165, 1.54) is 0 Å². The second-order valence-electron chi connectivity index (χ2n) is 6.53. The normalized spacial score (nSPS) is 12.6. The molecule has 0 spiro atoms. The SMILES string of the molecule is CC(C)(C)NS(=O)(=O)c1cccc(-c2cccc3nc(N)nn23)c1. The number of sulfonamides is 1. The molecule has 0 amide bonds. The Morgan fingerprint density at radius 1 is 1.12 bits per heavy atom. The number of fused-ring (bicyclic) bond motifs is 1. The van der Waals surface area contributed by atoms with Gasteiger partial charge in [-0.15, -0.1) is 5.10 Å². The molecule has 0 saturated heterocycles. The minimum absolute atomic E-state index is 0.167. The first-order valence-electron chi connectivity index (χ1n) is 7.41. The van der Waals surface area contributed by atoms with Gasteiger partial charge in [-0.3, -0.25) is 0 Å². The molecule has 0 radical (unpaired) electrons. The molecule has 7 nitrogen and oxygen atoms in total. The first-order chi connectivity index (χ1) is 11.2. The fourth-order valence-corrected chi connectivity index (χ4v) is 3.89. The zero-order valence-electron chi connectivity index (χ0n) is 13.7. The van der Waals surface area contributed by atoms with Crippen LogP contribution in [-0.2, 0) is 10.0 Å². The van der Waals surface area contributed by atoms with Crippen molar-refractivity contribution in [1.82, 2.24) is 19.3 Å². The summed E-state index contributed by atoms with van der Waals surface area (Å²) in [7, 11) is -3.62. The molecule has 0 aliphatic rings. The van der Waals surface area contributed by atoms with Crippen molar-refractivity contribution in [2.75, 3.05) is 5.73 Å². The summed E-state index contributed by atoms with van der Waals surface area (Å²) in [6, 6.07) is 12.1. The molecule has 0 atom stereocenters. The van der Waals surface area contributed by atoms with E-state index in [1.54, 1.807) is 49.6 Å². The maximum absolute atomic E-state index is 12.5. The van der Waals surface area contributed by atoms with Crippen LogP contribution in [-0.4, -0.2) is 28.6 Å². The van der Waals surface area contributed by atoms with Gasteiger partial charge < -0.3 is 5.73 Å². The van der Waals surface area contributed by atoms with Gasteiger partial charge in [0.25, 0.3) is 0 Å². The summed E-state index contributed by atoms with van der Waals surface area (Å²) in [5.41, 5.74) is 7.12. The Balaban J connectivity index is 2.11. The highest BCUT2D eigenvalue weighted by Crippen LogP contribution is 2.24. The van der Waals surface area contributed by atoms with E-state index in [2.05, 4.69) is 14.8 Å². The number of nitrogens with one attached hydrogen (secondary N) is 1. The van der Waals surface area contributed by atoms with E-state index in [-0.39, 0.29) is 10.8 Å². The Morgan fingerprint density at radius 2 is 1.83 bits per heavy atom. The quantitative estimate of drug-likeness (QED) is 0.756. The topological polar surface area (TPSA) is 102 Å². The third kappa shape index (κ3) is 3.24. The molecule has 1 aromatic carbocycles. The van der Waals surface area contributed by atoms with Gasteiger partial charge in [0, 0.05) is 11.1 Å². The van der Waals surface area contributed by atoms with E-state index in [0.29, 0.717) is 16.9 Å². The van der Waals surface area contributed by atoms with Gasteiger partial charge in [0.1, 0.15) is 0 Å². The number of rotatable bonds is 3. The zero-order valence-corrected chi connectivity index (χ0v) is 14.5.